The monoisotopic (exact) mass is 453 g/mol. The van der Waals surface area contributed by atoms with Crippen molar-refractivity contribution in [2.75, 3.05) is 24.3 Å². The summed E-state index contributed by atoms with van der Waals surface area (Å²) in [4.78, 5) is 22.8. The van der Waals surface area contributed by atoms with Gasteiger partial charge in [0.2, 0.25) is 5.56 Å². The predicted molar refractivity (Wildman–Crippen MR) is 120 cm³/mol. The van der Waals surface area contributed by atoms with E-state index in [0.29, 0.717) is 28.2 Å². The smallest absolute Gasteiger partial charge is 0.278 e. The first kappa shape index (κ1) is 21.1. The Labute approximate surface area is 183 Å². The number of benzene rings is 2. The normalized spacial score (nSPS) is 11.2. The molecule has 11 heteroatoms. The summed E-state index contributed by atoms with van der Waals surface area (Å²) in [5.74, 6) is 1.17. The lowest BCUT2D eigenvalue weighted by molar-refractivity contribution is 0.395. The maximum Gasteiger partial charge on any atom is 0.278 e. The number of fused-ring (bicyclic) bond motifs is 1. The number of H-pyrrole nitrogens is 1. The number of methoxy groups -OCH3 is 2. The van der Waals surface area contributed by atoms with E-state index in [2.05, 4.69) is 25.0 Å². The average molecular weight is 453 g/mol. The molecule has 0 unspecified atom stereocenters. The third kappa shape index (κ3) is 4.47. The molecule has 10 nitrogen and oxygen atoms in total. The van der Waals surface area contributed by atoms with Gasteiger partial charge in [0, 0.05) is 30.0 Å². The van der Waals surface area contributed by atoms with E-state index in [0.717, 1.165) is 0 Å². The van der Waals surface area contributed by atoms with Crippen LogP contribution < -0.4 is 25.1 Å². The lowest BCUT2D eigenvalue weighted by Gasteiger charge is -2.15. The van der Waals surface area contributed by atoms with E-state index in [-0.39, 0.29) is 16.7 Å². The number of anilines is 3. The summed E-state index contributed by atoms with van der Waals surface area (Å²) in [7, 11) is -1.10. The summed E-state index contributed by atoms with van der Waals surface area (Å²) >= 11 is 0. The van der Waals surface area contributed by atoms with Crippen molar-refractivity contribution in [2.24, 2.45) is 0 Å². The van der Waals surface area contributed by atoms with Crippen LogP contribution in [0.1, 0.15) is 0 Å². The fraction of sp³-hybridized carbons (Fsp3) is 0.0952. The molecule has 0 aliphatic heterocycles. The van der Waals surface area contributed by atoms with Gasteiger partial charge in [-0.15, -0.1) is 0 Å². The first-order chi connectivity index (χ1) is 15.4. The van der Waals surface area contributed by atoms with Crippen LogP contribution in [0.15, 0.2) is 70.5 Å². The Balaban J connectivity index is 1.80. The zero-order valence-electron chi connectivity index (χ0n) is 17.1. The number of aromatic nitrogens is 3. The number of pyridine rings is 1. The Kier molecular flexibility index (Phi) is 5.65. The molecule has 32 heavy (non-hydrogen) atoms. The molecule has 3 N–H and O–H groups in total. The number of nitrogens with zero attached hydrogens (tertiary/aromatic N) is 2. The zero-order valence-corrected chi connectivity index (χ0v) is 17.9. The molecule has 0 saturated carbocycles. The van der Waals surface area contributed by atoms with Gasteiger partial charge >= 0.3 is 0 Å². The van der Waals surface area contributed by atoms with Crippen molar-refractivity contribution in [3.8, 4) is 11.5 Å². The lowest BCUT2D eigenvalue weighted by atomic mass is 10.2. The van der Waals surface area contributed by atoms with Gasteiger partial charge in [-0.1, -0.05) is 18.2 Å². The molecule has 0 radical (unpaired) electrons. The largest absolute Gasteiger partial charge is 0.497 e. The number of rotatable bonds is 7. The first-order valence-electron chi connectivity index (χ1n) is 9.37. The highest BCUT2D eigenvalue weighted by atomic mass is 32.2. The molecule has 0 atom stereocenters. The third-order valence-electron chi connectivity index (χ3n) is 4.45. The van der Waals surface area contributed by atoms with Crippen molar-refractivity contribution in [1.29, 1.82) is 0 Å². The van der Waals surface area contributed by atoms with Gasteiger partial charge in [0.25, 0.3) is 10.0 Å². The van der Waals surface area contributed by atoms with Crippen molar-refractivity contribution >= 4 is 38.4 Å². The summed E-state index contributed by atoms with van der Waals surface area (Å²) in [5, 5.41) is 2.77. The van der Waals surface area contributed by atoms with E-state index in [4.69, 9.17) is 9.47 Å². The van der Waals surface area contributed by atoms with Crippen LogP contribution in [0.25, 0.3) is 11.0 Å². The van der Waals surface area contributed by atoms with Gasteiger partial charge in [-0.25, -0.2) is 9.97 Å². The third-order valence-corrected chi connectivity index (χ3v) is 5.73. The van der Waals surface area contributed by atoms with Crippen LogP contribution in [-0.4, -0.2) is 37.6 Å². The van der Waals surface area contributed by atoms with Crippen molar-refractivity contribution in [3.05, 3.63) is 71.0 Å². The molecule has 0 aliphatic carbocycles. The molecule has 0 aliphatic rings. The second-order valence-electron chi connectivity index (χ2n) is 6.62. The molecule has 2 heterocycles. The van der Waals surface area contributed by atoms with E-state index < -0.39 is 15.6 Å². The van der Waals surface area contributed by atoms with Gasteiger partial charge in [-0.2, -0.15) is 8.42 Å². The Hall–Kier alpha value is -4.12. The number of aromatic amines is 1. The molecule has 2 aromatic carbocycles. The van der Waals surface area contributed by atoms with Crippen LogP contribution in [-0.2, 0) is 10.0 Å². The molecule has 0 fully saturated rings. The molecule has 0 amide bonds. The van der Waals surface area contributed by atoms with Crippen molar-refractivity contribution < 1.29 is 17.9 Å². The van der Waals surface area contributed by atoms with Gasteiger partial charge < -0.3 is 19.8 Å². The number of hydrogen-bond donors (Lipinski definition) is 3. The summed E-state index contributed by atoms with van der Waals surface area (Å²) < 4.78 is 38.7. The van der Waals surface area contributed by atoms with Crippen LogP contribution in [0.3, 0.4) is 0 Å². The fourth-order valence-electron chi connectivity index (χ4n) is 2.94. The molecular weight excluding hydrogens is 434 g/mol. The number of sulfonamides is 1. The molecule has 4 rings (SSSR count). The van der Waals surface area contributed by atoms with Gasteiger partial charge in [-0.3, -0.25) is 9.52 Å². The van der Waals surface area contributed by atoms with Gasteiger partial charge in [0.15, 0.2) is 16.7 Å². The van der Waals surface area contributed by atoms with E-state index in [1.165, 1.54) is 32.4 Å². The van der Waals surface area contributed by atoms with Crippen LogP contribution >= 0.6 is 0 Å². The molecule has 4 aromatic rings. The van der Waals surface area contributed by atoms with Gasteiger partial charge in [0.05, 0.1) is 25.3 Å². The topological polar surface area (TPSA) is 135 Å². The lowest BCUT2D eigenvalue weighted by Crippen LogP contribution is -2.20. The minimum absolute atomic E-state index is 0.0461. The Bertz CT molecular complexity index is 1430. The van der Waals surface area contributed by atoms with Crippen LogP contribution in [0.4, 0.5) is 17.3 Å². The van der Waals surface area contributed by atoms with Crippen molar-refractivity contribution in [1.82, 2.24) is 15.0 Å². The number of hydrogen-bond acceptors (Lipinski definition) is 8. The fourth-order valence-corrected chi connectivity index (χ4v) is 3.94. The summed E-state index contributed by atoms with van der Waals surface area (Å²) in [6.07, 6.45) is 0. The Morgan fingerprint density at radius 3 is 2.06 bits per heavy atom. The van der Waals surface area contributed by atoms with Gasteiger partial charge in [-0.05, 0) is 18.2 Å². The molecule has 0 bridgehead atoms. The molecule has 0 saturated heterocycles. The molecule has 0 spiro atoms. The second kappa shape index (κ2) is 8.55. The maximum absolute atomic E-state index is 12.9. The van der Waals surface area contributed by atoms with Crippen LogP contribution in [0.2, 0.25) is 0 Å². The van der Waals surface area contributed by atoms with Gasteiger partial charge in [0.1, 0.15) is 11.5 Å². The number of para-hydroxylation sites is 2. The summed E-state index contributed by atoms with van der Waals surface area (Å²) in [6.45, 7) is 0. The summed E-state index contributed by atoms with van der Waals surface area (Å²) in [5.41, 5.74) is 1.04. The minimum atomic E-state index is -4.14. The van der Waals surface area contributed by atoms with E-state index in [9.17, 15) is 13.2 Å². The zero-order chi connectivity index (χ0) is 22.7. The molecule has 164 valence electrons. The maximum atomic E-state index is 12.9. The SMILES string of the molecule is COc1cc(Nc2nc3ccccc3nc2NS(=O)(=O)c2cccc(=O)[nH]2)cc(OC)c1. The number of nitrogens with one attached hydrogen (secondary N) is 3. The first-order valence-corrected chi connectivity index (χ1v) is 10.9. The van der Waals surface area contributed by atoms with Crippen molar-refractivity contribution in [2.45, 2.75) is 5.03 Å². The van der Waals surface area contributed by atoms with E-state index in [1.807, 2.05) is 0 Å². The molecular formula is C21H19N5O5S. The van der Waals surface area contributed by atoms with Crippen molar-refractivity contribution in [3.63, 3.8) is 0 Å². The quantitative estimate of drug-likeness (QED) is 0.389. The Morgan fingerprint density at radius 2 is 1.47 bits per heavy atom. The number of ether oxygens (including phenoxy) is 2. The average Bonchev–Trinajstić information content (AvgIpc) is 2.79. The highest BCUT2D eigenvalue weighted by Gasteiger charge is 2.20. The minimum Gasteiger partial charge on any atom is -0.497 e. The molecule has 2 aromatic heterocycles. The standard InChI is InChI=1S/C21H19N5O5S/c1-30-14-10-13(11-15(12-14)31-2)22-20-21(24-17-7-4-3-6-16(17)23-20)26-32(28,29)19-9-5-8-18(27)25-19/h3-12H,1-2H3,(H,22,23)(H,24,26)(H,25,27). The Morgan fingerprint density at radius 1 is 0.844 bits per heavy atom. The predicted octanol–water partition coefficient (Wildman–Crippen LogP) is 2.88. The van der Waals surface area contributed by atoms with Crippen LogP contribution in [0.5, 0.6) is 11.5 Å². The highest BCUT2D eigenvalue weighted by Crippen LogP contribution is 2.31. The van der Waals surface area contributed by atoms with Crippen LogP contribution in [0, 0.1) is 0 Å². The second-order valence-corrected chi connectivity index (χ2v) is 8.27. The highest BCUT2D eigenvalue weighted by molar-refractivity contribution is 7.92. The van der Waals surface area contributed by atoms with E-state index >= 15 is 0 Å². The summed E-state index contributed by atoms with van der Waals surface area (Å²) in [6, 6.07) is 16.0. The van der Waals surface area contributed by atoms with E-state index in [1.54, 1.807) is 42.5 Å².